The van der Waals surface area contributed by atoms with E-state index in [0.717, 1.165) is 31.2 Å². The van der Waals surface area contributed by atoms with Crippen molar-refractivity contribution < 1.29 is 19.9 Å². The standard InChI is InChI=1S/C17H28O4/c1-6-7-11-14-17(5,15-12-9-8-10-13-15)19-21-20-18-16(2,3)4/h8-10,12-13H,6-7,11,14H2,1-5H3. The summed E-state index contributed by atoms with van der Waals surface area (Å²) in [7, 11) is 0. The fraction of sp³-hybridized carbons (Fsp3) is 0.647. The predicted molar refractivity (Wildman–Crippen MR) is 82.0 cm³/mol. The molecule has 0 N–H and O–H groups in total. The summed E-state index contributed by atoms with van der Waals surface area (Å²) in [6.45, 7) is 9.78. The zero-order valence-corrected chi connectivity index (χ0v) is 13.8. The smallest absolute Gasteiger partial charge is 0.129 e. The Labute approximate surface area is 128 Å². The molecule has 0 bridgehead atoms. The minimum absolute atomic E-state index is 0.450. The van der Waals surface area contributed by atoms with Crippen LogP contribution in [-0.2, 0) is 25.5 Å². The SMILES string of the molecule is CCCCCC(C)(OOOOC(C)(C)C)c1ccccc1. The maximum absolute atomic E-state index is 5.51. The van der Waals surface area contributed by atoms with Crippen LogP contribution in [0.4, 0.5) is 0 Å². The predicted octanol–water partition coefficient (Wildman–Crippen LogP) is 5.09. The molecule has 21 heavy (non-hydrogen) atoms. The van der Waals surface area contributed by atoms with E-state index in [0.29, 0.717) is 0 Å². The van der Waals surface area contributed by atoms with Crippen molar-refractivity contribution in [1.29, 1.82) is 0 Å². The summed E-state index contributed by atoms with van der Waals surface area (Å²) in [6, 6.07) is 10.0. The van der Waals surface area contributed by atoms with Crippen LogP contribution in [-0.4, -0.2) is 5.60 Å². The molecular formula is C17H28O4. The highest BCUT2D eigenvalue weighted by Crippen LogP contribution is 2.31. The van der Waals surface area contributed by atoms with E-state index >= 15 is 0 Å². The van der Waals surface area contributed by atoms with Gasteiger partial charge in [0.2, 0.25) is 0 Å². The summed E-state index contributed by atoms with van der Waals surface area (Å²) < 4.78 is 0. The Morgan fingerprint density at radius 3 is 2.05 bits per heavy atom. The maximum atomic E-state index is 5.51. The molecule has 4 heteroatoms. The van der Waals surface area contributed by atoms with E-state index in [1.54, 1.807) is 0 Å². The Bertz CT molecular complexity index is 386. The van der Waals surface area contributed by atoms with E-state index in [2.05, 4.69) is 6.92 Å². The first-order chi connectivity index (χ1) is 9.87. The number of hydrogen-bond donors (Lipinski definition) is 0. The lowest BCUT2D eigenvalue weighted by Crippen LogP contribution is -2.27. The van der Waals surface area contributed by atoms with Crippen molar-refractivity contribution in [2.75, 3.05) is 0 Å². The molecule has 0 fully saturated rings. The average molecular weight is 296 g/mol. The van der Waals surface area contributed by atoms with Crippen LogP contribution in [0.1, 0.15) is 65.9 Å². The topological polar surface area (TPSA) is 36.9 Å². The van der Waals surface area contributed by atoms with Crippen molar-refractivity contribution >= 4 is 0 Å². The largest absolute Gasteiger partial charge is 0.198 e. The van der Waals surface area contributed by atoms with Crippen molar-refractivity contribution in [2.24, 2.45) is 0 Å². The highest BCUT2D eigenvalue weighted by molar-refractivity contribution is 5.21. The van der Waals surface area contributed by atoms with E-state index in [9.17, 15) is 0 Å². The fourth-order valence-electron chi connectivity index (χ4n) is 1.94. The molecule has 1 aromatic rings. The molecule has 1 aromatic carbocycles. The monoisotopic (exact) mass is 296 g/mol. The Balaban J connectivity index is 2.60. The third kappa shape index (κ3) is 7.05. The van der Waals surface area contributed by atoms with Crippen LogP contribution in [0.2, 0.25) is 0 Å². The molecule has 1 unspecified atom stereocenters. The van der Waals surface area contributed by atoms with Gasteiger partial charge in [-0.1, -0.05) is 56.5 Å². The highest BCUT2D eigenvalue weighted by atomic mass is 17.7. The van der Waals surface area contributed by atoms with Crippen molar-refractivity contribution in [3.8, 4) is 0 Å². The molecule has 0 amide bonds. The molecule has 0 spiro atoms. The molecule has 0 saturated carbocycles. The summed E-state index contributed by atoms with van der Waals surface area (Å²) in [5, 5.41) is 9.54. The Hall–Kier alpha value is -0.940. The van der Waals surface area contributed by atoms with E-state index < -0.39 is 11.2 Å². The number of hydrogen-bond acceptors (Lipinski definition) is 4. The molecule has 120 valence electrons. The van der Waals surface area contributed by atoms with Crippen molar-refractivity contribution in [3.63, 3.8) is 0 Å². The summed E-state index contributed by atoms with van der Waals surface area (Å²) >= 11 is 0. The maximum Gasteiger partial charge on any atom is 0.129 e. The first-order valence-electron chi connectivity index (χ1n) is 7.63. The number of benzene rings is 1. The van der Waals surface area contributed by atoms with Gasteiger partial charge >= 0.3 is 0 Å². The highest BCUT2D eigenvalue weighted by Gasteiger charge is 2.29. The number of rotatable bonds is 9. The van der Waals surface area contributed by atoms with Gasteiger partial charge in [0.05, 0.1) is 5.60 Å². The van der Waals surface area contributed by atoms with Gasteiger partial charge in [0.1, 0.15) is 5.60 Å². The lowest BCUT2D eigenvalue weighted by Gasteiger charge is -2.28. The normalized spacial score (nSPS) is 14.9. The molecule has 0 aliphatic carbocycles. The Morgan fingerprint density at radius 2 is 1.48 bits per heavy atom. The lowest BCUT2D eigenvalue weighted by molar-refractivity contribution is -0.666. The van der Waals surface area contributed by atoms with Crippen LogP contribution >= 0.6 is 0 Å². The molecule has 0 radical (unpaired) electrons. The van der Waals surface area contributed by atoms with Crippen molar-refractivity contribution in [1.82, 2.24) is 0 Å². The third-order valence-electron chi connectivity index (χ3n) is 3.17. The average Bonchev–Trinajstić information content (AvgIpc) is 2.44. The van der Waals surface area contributed by atoms with Crippen LogP contribution in [0.25, 0.3) is 0 Å². The molecule has 1 rings (SSSR count). The Morgan fingerprint density at radius 1 is 0.857 bits per heavy atom. The fourth-order valence-corrected chi connectivity index (χ4v) is 1.94. The number of unbranched alkanes of at least 4 members (excludes halogenated alkanes) is 2. The minimum Gasteiger partial charge on any atom is -0.198 e. The van der Waals surface area contributed by atoms with Crippen LogP contribution in [0.15, 0.2) is 30.3 Å². The van der Waals surface area contributed by atoms with Gasteiger partial charge in [-0.3, -0.25) is 0 Å². The third-order valence-corrected chi connectivity index (χ3v) is 3.17. The van der Waals surface area contributed by atoms with Gasteiger partial charge in [-0.15, -0.1) is 0 Å². The van der Waals surface area contributed by atoms with Crippen LogP contribution in [0.5, 0.6) is 0 Å². The summed E-state index contributed by atoms with van der Waals surface area (Å²) in [4.78, 5) is 10.5. The van der Waals surface area contributed by atoms with Gasteiger partial charge in [-0.2, -0.15) is 9.78 Å². The summed E-state index contributed by atoms with van der Waals surface area (Å²) in [6.07, 6.45) is 4.23. The van der Waals surface area contributed by atoms with Gasteiger partial charge in [-0.25, -0.2) is 0 Å². The van der Waals surface area contributed by atoms with Gasteiger partial charge in [0.15, 0.2) is 0 Å². The quantitative estimate of drug-likeness (QED) is 0.361. The molecule has 0 aliphatic heterocycles. The molecular weight excluding hydrogens is 268 g/mol. The van der Waals surface area contributed by atoms with Gasteiger partial charge in [0, 0.05) is 0 Å². The van der Waals surface area contributed by atoms with Crippen LogP contribution in [0.3, 0.4) is 0 Å². The zero-order valence-electron chi connectivity index (χ0n) is 13.8. The molecule has 0 saturated heterocycles. The zero-order chi connectivity index (χ0) is 15.8. The Kier molecular flexibility index (Phi) is 7.32. The molecule has 0 aliphatic rings. The van der Waals surface area contributed by atoms with Crippen LogP contribution in [0, 0.1) is 0 Å². The van der Waals surface area contributed by atoms with E-state index in [-0.39, 0.29) is 0 Å². The lowest BCUT2D eigenvalue weighted by atomic mass is 9.90. The van der Waals surface area contributed by atoms with Crippen LogP contribution < -0.4 is 0 Å². The van der Waals surface area contributed by atoms with Gasteiger partial charge < -0.3 is 0 Å². The second-order valence-electron chi connectivity index (χ2n) is 6.47. The molecule has 1 atom stereocenters. The van der Waals surface area contributed by atoms with E-state index in [4.69, 9.17) is 19.9 Å². The summed E-state index contributed by atoms with van der Waals surface area (Å²) in [5.41, 5.74) is 0.0484. The molecule has 0 heterocycles. The minimum atomic E-state index is -0.558. The first kappa shape index (κ1) is 18.1. The van der Waals surface area contributed by atoms with Crippen molar-refractivity contribution in [3.05, 3.63) is 35.9 Å². The first-order valence-corrected chi connectivity index (χ1v) is 7.63. The van der Waals surface area contributed by atoms with Crippen molar-refractivity contribution in [2.45, 2.75) is 71.5 Å². The van der Waals surface area contributed by atoms with Gasteiger partial charge in [-0.05, 0) is 49.8 Å². The molecule has 4 nitrogen and oxygen atoms in total. The van der Waals surface area contributed by atoms with E-state index in [1.165, 1.54) is 0 Å². The second kappa shape index (κ2) is 8.49. The van der Waals surface area contributed by atoms with E-state index in [1.807, 2.05) is 58.0 Å². The molecule has 0 aromatic heterocycles. The second-order valence-corrected chi connectivity index (χ2v) is 6.47. The summed E-state index contributed by atoms with van der Waals surface area (Å²) in [5.74, 6) is 0. The van der Waals surface area contributed by atoms with Gasteiger partial charge in [0.25, 0.3) is 0 Å².